The number of hydrogen-bond donors (Lipinski definition) is 0. The molecule has 0 aromatic rings. The highest BCUT2D eigenvalue weighted by atomic mass is 16.6. The maximum absolute atomic E-state index is 12.8. The van der Waals surface area contributed by atoms with Gasteiger partial charge in [-0.3, -0.25) is 9.59 Å². The molecule has 5 nitrogen and oxygen atoms in total. The lowest BCUT2D eigenvalue weighted by atomic mass is 10.0. The molecule has 0 N–H and O–H groups in total. The van der Waals surface area contributed by atoms with Crippen LogP contribution in [0.2, 0.25) is 0 Å². The van der Waals surface area contributed by atoms with E-state index in [2.05, 4.69) is 81.5 Å². The fourth-order valence-electron chi connectivity index (χ4n) is 7.91. The maximum atomic E-state index is 12.8. The summed E-state index contributed by atoms with van der Waals surface area (Å²) in [6, 6.07) is 0. The monoisotopic (exact) mass is 895 g/mol. The van der Waals surface area contributed by atoms with Crippen LogP contribution in [0.15, 0.2) is 60.8 Å². The molecule has 1 unspecified atom stereocenters. The third-order valence-corrected chi connectivity index (χ3v) is 12.0. The van der Waals surface area contributed by atoms with Crippen LogP contribution in [0.4, 0.5) is 0 Å². The van der Waals surface area contributed by atoms with Crippen LogP contribution in [0.1, 0.15) is 278 Å². The van der Waals surface area contributed by atoms with Gasteiger partial charge in [-0.25, -0.2) is 0 Å². The Kier molecular flexibility index (Phi) is 52.9. The molecule has 0 aliphatic rings. The minimum atomic E-state index is -0.552. The summed E-state index contributed by atoms with van der Waals surface area (Å²) in [5.41, 5.74) is 0. The topological polar surface area (TPSA) is 61.8 Å². The first-order valence-electron chi connectivity index (χ1n) is 27.8. The van der Waals surface area contributed by atoms with Crippen LogP contribution < -0.4 is 0 Å². The van der Waals surface area contributed by atoms with Gasteiger partial charge in [0.2, 0.25) is 0 Å². The highest BCUT2D eigenvalue weighted by molar-refractivity contribution is 5.70. The van der Waals surface area contributed by atoms with Gasteiger partial charge in [0.15, 0.2) is 6.10 Å². The number of carbonyl (C=O) groups excluding carboxylic acids is 2. The van der Waals surface area contributed by atoms with Gasteiger partial charge in [-0.05, 0) is 83.5 Å². The Balaban J connectivity index is 4.27. The summed E-state index contributed by atoms with van der Waals surface area (Å²) in [5, 5.41) is 0. The van der Waals surface area contributed by atoms with Crippen LogP contribution in [0, 0.1) is 0 Å². The summed E-state index contributed by atoms with van der Waals surface area (Å²) < 4.78 is 17.4. The van der Waals surface area contributed by atoms with Gasteiger partial charge in [-0.2, -0.15) is 0 Å². The molecule has 0 aliphatic carbocycles. The molecule has 0 radical (unpaired) electrons. The molecule has 64 heavy (non-hydrogen) atoms. The molecule has 0 amide bonds. The van der Waals surface area contributed by atoms with Crippen molar-refractivity contribution in [1.29, 1.82) is 0 Å². The van der Waals surface area contributed by atoms with Crippen molar-refractivity contribution in [2.45, 2.75) is 284 Å². The first-order valence-corrected chi connectivity index (χ1v) is 27.8. The largest absolute Gasteiger partial charge is 0.462 e. The van der Waals surface area contributed by atoms with E-state index in [1.807, 2.05) is 0 Å². The van der Waals surface area contributed by atoms with E-state index in [1.54, 1.807) is 0 Å². The van der Waals surface area contributed by atoms with E-state index in [0.717, 1.165) is 70.6 Å². The normalized spacial score (nSPS) is 12.6. The van der Waals surface area contributed by atoms with E-state index in [4.69, 9.17) is 14.2 Å². The molecule has 0 rings (SSSR count). The fourth-order valence-corrected chi connectivity index (χ4v) is 7.91. The van der Waals surface area contributed by atoms with Gasteiger partial charge in [-0.1, -0.05) is 242 Å². The molecule has 0 saturated carbocycles. The Bertz CT molecular complexity index is 1100. The predicted octanol–water partition coefficient (Wildman–Crippen LogP) is 18.9. The maximum Gasteiger partial charge on any atom is 0.306 e. The van der Waals surface area contributed by atoms with E-state index >= 15 is 0 Å². The second-order valence-electron chi connectivity index (χ2n) is 18.5. The second kappa shape index (κ2) is 54.9. The Morgan fingerprint density at radius 1 is 0.359 bits per heavy atom. The minimum Gasteiger partial charge on any atom is -0.462 e. The molecule has 0 heterocycles. The zero-order valence-corrected chi connectivity index (χ0v) is 42.8. The summed E-state index contributed by atoms with van der Waals surface area (Å²) in [6.45, 7) is 7.70. The quantitative estimate of drug-likeness (QED) is 0.0346. The van der Waals surface area contributed by atoms with E-state index in [-0.39, 0.29) is 25.2 Å². The number of ether oxygens (including phenoxy) is 3. The molecule has 0 saturated heterocycles. The average Bonchev–Trinajstić information content (AvgIpc) is 3.30. The third kappa shape index (κ3) is 52.2. The van der Waals surface area contributed by atoms with E-state index in [9.17, 15) is 9.59 Å². The molecule has 0 aromatic heterocycles. The number of hydrogen-bond acceptors (Lipinski definition) is 5. The Hall–Kier alpha value is -2.40. The van der Waals surface area contributed by atoms with Gasteiger partial charge < -0.3 is 14.2 Å². The first kappa shape index (κ1) is 61.6. The summed E-state index contributed by atoms with van der Waals surface area (Å²) >= 11 is 0. The lowest BCUT2D eigenvalue weighted by Crippen LogP contribution is -2.30. The molecule has 0 aromatic carbocycles. The smallest absolute Gasteiger partial charge is 0.306 e. The highest BCUT2D eigenvalue weighted by Gasteiger charge is 2.17. The van der Waals surface area contributed by atoms with Gasteiger partial charge >= 0.3 is 11.9 Å². The van der Waals surface area contributed by atoms with Crippen LogP contribution in [0.5, 0.6) is 0 Å². The molecule has 5 heteroatoms. The van der Waals surface area contributed by atoms with Crippen molar-refractivity contribution in [2.24, 2.45) is 0 Å². The Labute approximate surface area is 398 Å². The Morgan fingerprint density at radius 3 is 1.17 bits per heavy atom. The third-order valence-electron chi connectivity index (χ3n) is 12.0. The second-order valence-corrected chi connectivity index (χ2v) is 18.5. The minimum absolute atomic E-state index is 0.0655. The van der Waals surface area contributed by atoms with Crippen molar-refractivity contribution in [2.75, 3.05) is 19.8 Å². The number of carbonyl (C=O) groups is 2. The van der Waals surface area contributed by atoms with Crippen molar-refractivity contribution in [1.82, 2.24) is 0 Å². The van der Waals surface area contributed by atoms with Gasteiger partial charge in [0.25, 0.3) is 0 Å². The van der Waals surface area contributed by atoms with E-state index in [1.165, 1.54) is 173 Å². The lowest BCUT2D eigenvalue weighted by Gasteiger charge is -2.18. The Morgan fingerprint density at radius 2 is 0.703 bits per heavy atom. The summed E-state index contributed by atoms with van der Waals surface area (Å²) in [5.74, 6) is -0.435. The first-order chi connectivity index (χ1) is 31.6. The van der Waals surface area contributed by atoms with Gasteiger partial charge in [-0.15, -0.1) is 0 Å². The molecule has 0 spiro atoms. The number of unbranched alkanes of at least 4 members (excludes halogenated alkanes) is 30. The number of esters is 2. The van der Waals surface area contributed by atoms with E-state index < -0.39 is 6.10 Å². The molecular weight excluding hydrogens is 789 g/mol. The van der Waals surface area contributed by atoms with Crippen molar-refractivity contribution in [3.8, 4) is 0 Å². The SMILES string of the molecule is CC/C=C\C/C=C\C/C=C\C/C=C\CCCCC(=O)OCC(COCCCCCCCCCCCC/C=C\CCCCCCCC)OC(=O)CCCCCCCCCCCCCCC. The van der Waals surface area contributed by atoms with Crippen LogP contribution in [0.25, 0.3) is 0 Å². The predicted molar refractivity (Wildman–Crippen MR) is 279 cm³/mol. The molecule has 0 aliphatic heterocycles. The molecule has 0 fully saturated rings. The van der Waals surface area contributed by atoms with Crippen LogP contribution in [0.3, 0.4) is 0 Å². The molecule has 372 valence electrons. The van der Waals surface area contributed by atoms with Crippen LogP contribution in [-0.2, 0) is 23.8 Å². The average molecular weight is 895 g/mol. The number of rotatable bonds is 51. The lowest BCUT2D eigenvalue weighted by molar-refractivity contribution is -0.163. The van der Waals surface area contributed by atoms with Gasteiger partial charge in [0.05, 0.1) is 6.61 Å². The van der Waals surface area contributed by atoms with Crippen molar-refractivity contribution in [3.63, 3.8) is 0 Å². The van der Waals surface area contributed by atoms with Gasteiger partial charge in [0, 0.05) is 19.4 Å². The summed E-state index contributed by atoms with van der Waals surface area (Å²) in [7, 11) is 0. The highest BCUT2D eigenvalue weighted by Crippen LogP contribution is 2.15. The van der Waals surface area contributed by atoms with Crippen LogP contribution in [-0.4, -0.2) is 37.9 Å². The summed E-state index contributed by atoms with van der Waals surface area (Å²) in [4.78, 5) is 25.4. The zero-order valence-electron chi connectivity index (χ0n) is 42.8. The van der Waals surface area contributed by atoms with Crippen molar-refractivity contribution >= 4 is 11.9 Å². The van der Waals surface area contributed by atoms with E-state index in [0.29, 0.717) is 19.4 Å². The van der Waals surface area contributed by atoms with Crippen molar-refractivity contribution in [3.05, 3.63) is 60.8 Å². The number of allylic oxidation sites excluding steroid dienone is 10. The molecule has 0 bridgehead atoms. The summed E-state index contributed by atoms with van der Waals surface area (Å²) in [6.07, 6.45) is 69.6. The molecule has 1 atom stereocenters. The standard InChI is InChI=1S/C59H106O5/c1-4-7-10-13-16-19-22-25-27-28-29-30-31-33-36-39-42-45-48-51-54-62-55-57(64-59(61)53-50-47-44-41-38-34-24-21-18-15-12-9-6-3)56-63-58(60)52-49-46-43-40-37-35-32-26-23-20-17-14-11-8-5-2/h8,11,17,20,25-27,32,37,40,57H,4-7,9-10,12-16,18-19,21-24,28-31,33-36,38-39,41-56H2,1-3H3/b11-8-,20-17-,27-25-,32-26-,40-37-. The molecular formula is C59H106O5. The van der Waals surface area contributed by atoms with Gasteiger partial charge in [0.1, 0.15) is 6.61 Å². The zero-order chi connectivity index (χ0) is 46.3. The fraction of sp³-hybridized carbons (Fsp3) is 0.797. The van der Waals surface area contributed by atoms with Crippen molar-refractivity contribution < 1.29 is 23.8 Å². The van der Waals surface area contributed by atoms with Crippen LogP contribution >= 0.6 is 0 Å².